The lowest BCUT2D eigenvalue weighted by atomic mass is 10.1. The van der Waals surface area contributed by atoms with Crippen molar-refractivity contribution >= 4 is 10.1 Å². The van der Waals surface area contributed by atoms with E-state index in [1.807, 2.05) is 0 Å². The first-order valence-corrected chi connectivity index (χ1v) is 9.72. The number of hydrogen-bond acceptors (Lipinski definition) is 5. The van der Waals surface area contributed by atoms with Crippen molar-refractivity contribution in [2.24, 2.45) is 0 Å². The Morgan fingerprint density at radius 2 is 1.52 bits per heavy atom. The number of halogens is 3. The molecule has 0 spiro atoms. The Morgan fingerprint density at radius 1 is 0.963 bits per heavy atom. The van der Waals surface area contributed by atoms with E-state index in [4.69, 9.17) is 13.7 Å². The van der Waals surface area contributed by atoms with Gasteiger partial charge < -0.3 is 9.47 Å². The maximum Gasteiger partial charge on any atom is 0.416 e. The van der Waals surface area contributed by atoms with E-state index in [2.05, 4.69) is 0 Å². The molecule has 148 valence electrons. The highest BCUT2D eigenvalue weighted by Gasteiger charge is 2.30. The molecule has 2 aromatic rings. The van der Waals surface area contributed by atoms with Gasteiger partial charge in [-0.1, -0.05) is 12.1 Å². The van der Waals surface area contributed by atoms with Crippen molar-refractivity contribution in [1.29, 1.82) is 0 Å². The Hall–Kier alpha value is -2.26. The molecular weight excluding hydrogens is 385 g/mol. The van der Waals surface area contributed by atoms with Gasteiger partial charge in [0.2, 0.25) is 0 Å². The molecule has 5 nitrogen and oxygen atoms in total. The molecule has 0 amide bonds. The average Bonchev–Trinajstić information content (AvgIpc) is 2.59. The molecule has 0 heterocycles. The van der Waals surface area contributed by atoms with Gasteiger partial charge in [-0.3, -0.25) is 4.18 Å². The van der Waals surface area contributed by atoms with E-state index < -0.39 is 28.0 Å². The van der Waals surface area contributed by atoms with E-state index >= 15 is 0 Å². The summed E-state index contributed by atoms with van der Waals surface area (Å²) in [4.78, 5) is 0. The quantitative estimate of drug-likeness (QED) is 0.617. The maximum atomic E-state index is 12.7. The molecule has 2 aromatic carbocycles. The van der Waals surface area contributed by atoms with Crippen LogP contribution in [0, 0.1) is 0 Å². The lowest BCUT2D eigenvalue weighted by Gasteiger charge is -2.20. The van der Waals surface area contributed by atoms with E-state index in [-0.39, 0.29) is 18.8 Å². The molecule has 0 fully saturated rings. The topological polar surface area (TPSA) is 61.8 Å². The van der Waals surface area contributed by atoms with Gasteiger partial charge in [0.15, 0.2) is 0 Å². The smallest absolute Gasteiger partial charge is 0.416 e. The summed E-state index contributed by atoms with van der Waals surface area (Å²) in [7, 11) is -2.09. The van der Waals surface area contributed by atoms with Crippen molar-refractivity contribution in [3.05, 3.63) is 59.7 Å². The van der Waals surface area contributed by atoms with E-state index in [1.165, 1.54) is 19.2 Å². The highest BCUT2D eigenvalue weighted by molar-refractivity contribution is 7.85. The summed E-state index contributed by atoms with van der Waals surface area (Å²) in [5, 5.41) is 0. The molecule has 1 unspecified atom stereocenters. The third kappa shape index (κ3) is 6.76. The van der Waals surface area contributed by atoms with E-state index in [9.17, 15) is 21.6 Å². The van der Waals surface area contributed by atoms with Gasteiger partial charge in [0.1, 0.15) is 17.6 Å². The number of benzene rings is 2. The lowest BCUT2D eigenvalue weighted by Crippen LogP contribution is -2.13. The fourth-order valence-corrected chi connectivity index (χ4v) is 2.70. The molecule has 2 rings (SSSR count). The van der Waals surface area contributed by atoms with Crippen LogP contribution in [0.15, 0.2) is 48.5 Å². The van der Waals surface area contributed by atoms with Crippen molar-refractivity contribution in [2.75, 3.05) is 20.0 Å². The van der Waals surface area contributed by atoms with E-state index in [0.29, 0.717) is 11.3 Å². The third-order valence-electron chi connectivity index (χ3n) is 3.63. The van der Waals surface area contributed by atoms with Gasteiger partial charge in [-0.15, -0.1) is 0 Å². The molecular formula is C18H19F3O5S. The zero-order valence-electron chi connectivity index (χ0n) is 14.7. The first-order chi connectivity index (χ1) is 12.6. The van der Waals surface area contributed by atoms with Gasteiger partial charge in [0.25, 0.3) is 10.1 Å². The average molecular weight is 404 g/mol. The number of ether oxygens (including phenoxy) is 2. The third-order valence-corrected chi connectivity index (χ3v) is 4.22. The molecule has 27 heavy (non-hydrogen) atoms. The van der Waals surface area contributed by atoms with Crippen LogP contribution in [0.5, 0.6) is 11.5 Å². The Labute approximate surface area is 155 Å². The summed E-state index contributed by atoms with van der Waals surface area (Å²) in [6.07, 6.45) is -3.93. The molecule has 9 heteroatoms. The van der Waals surface area contributed by atoms with Crippen LogP contribution in [0.4, 0.5) is 13.2 Å². The second-order valence-electron chi connectivity index (χ2n) is 5.72. The van der Waals surface area contributed by atoms with Crippen LogP contribution in [0.2, 0.25) is 0 Å². The molecule has 0 aromatic heterocycles. The zero-order valence-corrected chi connectivity index (χ0v) is 15.5. The van der Waals surface area contributed by atoms with Gasteiger partial charge in [-0.2, -0.15) is 21.6 Å². The maximum absolute atomic E-state index is 12.7. The highest BCUT2D eigenvalue weighted by atomic mass is 32.2. The monoisotopic (exact) mass is 404 g/mol. The summed E-state index contributed by atoms with van der Waals surface area (Å²) < 4.78 is 75.9. The van der Waals surface area contributed by atoms with Crippen LogP contribution in [-0.4, -0.2) is 28.4 Å². The SMILES string of the molecule is COc1ccc(C(CCOS(C)(=O)=O)Oc2ccc(C(F)(F)F)cc2)cc1. The molecule has 0 radical (unpaired) electrons. The highest BCUT2D eigenvalue weighted by Crippen LogP contribution is 2.32. The number of alkyl halides is 3. The van der Waals surface area contributed by atoms with Crippen LogP contribution in [0.3, 0.4) is 0 Å². The Morgan fingerprint density at radius 3 is 2.00 bits per heavy atom. The minimum atomic E-state index is -4.43. The van der Waals surface area contributed by atoms with Crippen molar-refractivity contribution < 1.29 is 35.2 Å². The minimum absolute atomic E-state index is 0.129. The predicted molar refractivity (Wildman–Crippen MR) is 93.2 cm³/mol. The first kappa shape index (κ1) is 21.0. The number of rotatable bonds is 8. The van der Waals surface area contributed by atoms with Crippen molar-refractivity contribution in [2.45, 2.75) is 18.7 Å². The Balaban J connectivity index is 2.17. The fourth-order valence-electron chi connectivity index (χ4n) is 2.31. The van der Waals surface area contributed by atoms with Crippen LogP contribution >= 0.6 is 0 Å². The van der Waals surface area contributed by atoms with Gasteiger partial charge in [-0.25, -0.2) is 0 Å². The number of methoxy groups -OCH3 is 1. The summed E-state index contributed by atoms with van der Waals surface area (Å²) in [5.74, 6) is 0.850. The predicted octanol–water partition coefficient (Wildman–Crippen LogP) is 4.20. The van der Waals surface area contributed by atoms with E-state index in [0.717, 1.165) is 18.4 Å². The van der Waals surface area contributed by atoms with E-state index in [1.54, 1.807) is 24.3 Å². The molecule has 0 aliphatic heterocycles. The molecule has 0 bridgehead atoms. The Kier molecular flexibility index (Phi) is 6.72. The standard InChI is InChI=1S/C18H19F3O5S/c1-24-15-7-3-13(4-8-15)17(11-12-25-27(2,22)23)26-16-9-5-14(6-10-16)18(19,20)21/h3-10,17H,11-12H2,1-2H3. The summed E-state index contributed by atoms with van der Waals surface area (Å²) in [5.41, 5.74) is -0.0796. The minimum Gasteiger partial charge on any atom is -0.497 e. The second kappa shape index (κ2) is 8.62. The molecule has 0 saturated carbocycles. The second-order valence-corrected chi connectivity index (χ2v) is 7.36. The zero-order chi connectivity index (χ0) is 20.1. The van der Waals surface area contributed by atoms with Gasteiger partial charge in [0, 0.05) is 6.42 Å². The van der Waals surface area contributed by atoms with Crippen LogP contribution in [0.1, 0.15) is 23.7 Å². The van der Waals surface area contributed by atoms with Crippen LogP contribution in [0.25, 0.3) is 0 Å². The van der Waals surface area contributed by atoms with Crippen LogP contribution < -0.4 is 9.47 Å². The van der Waals surface area contributed by atoms with Gasteiger partial charge in [-0.05, 0) is 42.0 Å². The molecule has 0 saturated heterocycles. The normalized spacial score (nSPS) is 13.2. The van der Waals surface area contributed by atoms with Crippen molar-refractivity contribution in [1.82, 2.24) is 0 Å². The largest absolute Gasteiger partial charge is 0.497 e. The first-order valence-electron chi connectivity index (χ1n) is 7.91. The van der Waals surface area contributed by atoms with Crippen LogP contribution in [-0.2, 0) is 20.5 Å². The molecule has 0 aliphatic carbocycles. The lowest BCUT2D eigenvalue weighted by molar-refractivity contribution is -0.137. The van der Waals surface area contributed by atoms with Gasteiger partial charge >= 0.3 is 6.18 Å². The van der Waals surface area contributed by atoms with Crippen molar-refractivity contribution in [3.8, 4) is 11.5 Å². The van der Waals surface area contributed by atoms with Crippen molar-refractivity contribution in [3.63, 3.8) is 0 Å². The number of hydrogen-bond donors (Lipinski definition) is 0. The Bertz CT molecular complexity index is 831. The van der Waals surface area contributed by atoms with Gasteiger partial charge in [0.05, 0.1) is 25.5 Å². The summed E-state index contributed by atoms with van der Waals surface area (Å²) >= 11 is 0. The molecule has 0 N–H and O–H groups in total. The molecule has 0 aliphatic rings. The fraction of sp³-hybridized carbons (Fsp3) is 0.333. The molecule has 1 atom stereocenters. The summed E-state index contributed by atoms with van der Waals surface area (Å²) in [6.45, 7) is -0.129. The summed E-state index contributed by atoms with van der Waals surface area (Å²) in [6, 6.07) is 11.2.